The Morgan fingerprint density at radius 1 is 1.12 bits per heavy atom. The smallest absolute Gasteiger partial charge is 0.310 e. The van der Waals surface area contributed by atoms with Gasteiger partial charge in [0, 0.05) is 12.3 Å². The van der Waals surface area contributed by atoms with Crippen molar-refractivity contribution in [3.05, 3.63) is 42.5 Å². The number of hydrogen-bond acceptors (Lipinski definition) is 4. The second kappa shape index (κ2) is 8.11. The molecule has 1 aliphatic heterocycles. The van der Waals surface area contributed by atoms with E-state index in [1.807, 2.05) is 42.5 Å². The van der Waals surface area contributed by atoms with Gasteiger partial charge in [-0.15, -0.1) is 0 Å². The van der Waals surface area contributed by atoms with Gasteiger partial charge >= 0.3 is 5.97 Å². The maximum atomic E-state index is 12.6. The average Bonchev–Trinajstić information content (AvgIpc) is 3.14. The fraction of sp³-hybridized carbons (Fsp3) is 0.474. The van der Waals surface area contributed by atoms with Crippen molar-refractivity contribution in [2.24, 2.45) is 11.8 Å². The summed E-state index contributed by atoms with van der Waals surface area (Å²) in [6.45, 7) is 1.02. The third-order valence-corrected chi connectivity index (χ3v) is 4.55. The van der Waals surface area contributed by atoms with Gasteiger partial charge in [-0.3, -0.25) is 9.59 Å². The number of carbonyl (C=O) groups excluding carboxylic acids is 2. The summed E-state index contributed by atoms with van der Waals surface area (Å²) in [5, 5.41) is 2.89. The minimum atomic E-state index is -0.430. The van der Waals surface area contributed by atoms with Crippen LogP contribution in [0.15, 0.2) is 42.5 Å². The quantitative estimate of drug-likeness (QED) is 0.666. The van der Waals surface area contributed by atoms with Crippen LogP contribution in [0.4, 0.5) is 5.69 Å². The van der Waals surface area contributed by atoms with Crippen molar-refractivity contribution in [2.75, 3.05) is 18.5 Å². The highest BCUT2D eigenvalue weighted by atomic mass is 16.6. The molecule has 1 saturated heterocycles. The molecule has 24 heavy (non-hydrogen) atoms. The minimum absolute atomic E-state index is 0.00433. The number of nitrogens with one attached hydrogen (secondary N) is 1. The van der Waals surface area contributed by atoms with Gasteiger partial charge in [0.2, 0.25) is 5.91 Å². The topological polar surface area (TPSA) is 64.6 Å². The molecule has 0 unspecified atom stereocenters. The summed E-state index contributed by atoms with van der Waals surface area (Å²) in [6.07, 6.45) is 6.94. The molecule has 0 aromatic heterocycles. The second-order valence-electron chi connectivity index (χ2n) is 6.28. The molecule has 1 heterocycles. The highest BCUT2D eigenvalue weighted by Crippen LogP contribution is 2.28. The van der Waals surface area contributed by atoms with Crippen molar-refractivity contribution >= 4 is 17.6 Å². The summed E-state index contributed by atoms with van der Waals surface area (Å²) in [4.78, 5) is 25.0. The number of carbonyl (C=O) groups is 2. The first-order valence-electron chi connectivity index (χ1n) is 8.53. The van der Waals surface area contributed by atoms with Crippen molar-refractivity contribution in [1.29, 1.82) is 0 Å². The van der Waals surface area contributed by atoms with Crippen molar-refractivity contribution in [2.45, 2.75) is 31.8 Å². The largest absolute Gasteiger partial charge is 0.463 e. The molecule has 0 spiro atoms. The number of esters is 1. The number of benzene rings is 1. The van der Waals surface area contributed by atoms with E-state index in [0.717, 1.165) is 25.1 Å². The Labute approximate surface area is 142 Å². The van der Waals surface area contributed by atoms with Gasteiger partial charge in [-0.1, -0.05) is 30.4 Å². The first-order valence-corrected chi connectivity index (χ1v) is 8.53. The fourth-order valence-electron chi connectivity index (χ4n) is 3.18. The maximum Gasteiger partial charge on any atom is 0.310 e. The van der Waals surface area contributed by atoms with Crippen molar-refractivity contribution in [1.82, 2.24) is 0 Å². The average molecular weight is 329 g/mol. The van der Waals surface area contributed by atoms with E-state index in [1.54, 1.807) is 0 Å². The molecule has 3 atom stereocenters. The lowest BCUT2D eigenvalue weighted by atomic mass is 9.82. The number of rotatable bonds is 5. The van der Waals surface area contributed by atoms with E-state index in [-0.39, 0.29) is 24.6 Å². The van der Waals surface area contributed by atoms with E-state index in [2.05, 4.69) is 5.32 Å². The molecule has 128 valence electrons. The molecule has 5 nitrogen and oxygen atoms in total. The summed E-state index contributed by atoms with van der Waals surface area (Å²) in [5.74, 6) is -1.26. The highest BCUT2D eigenvalue weighted by molar-refractivity contribution is 5.95. The molecular formula is C19H23NO4. The van der Waals surface area contributed by atoms with Crippen LogP contribution in [0.2, 0.25) is 0 Å². The normalized spacial score (nSPS) is 26.1. The summed E-state index contributed by atoms with van der Waals surface area (Å²) >= 11 is 0. The molecule has 0 saturated carbocycles. The fourth-order valence-corrected chi connectivity index (χ4v) is 3.18. The van der Waals surface area contributed by atoms with Gasteiger partial charge in [0.05, 0.1) is 17.9 Å². The molecule has 1 aromatic rings. The lowest BCUT2D eigenvalue weighted by Gasteiger charge is -2.26. The van der Waals surface area contributed by atoms with E-state index in [4.69, 9.17) is 9.47 Å². The van der Waals surface area contributed by atoms with Crippen LogP contribution in [0, 0.1) is 11.8 Å². The number of hydrogen-bond donors (Lipinski definition) is 1. The predicted molar refractivity (Wildman–Crippen MR) is 90.4 cm³/mol. The molecule has 1 aromatic carbocycles. The van der Waals surface area contributed by atoms with Gasteiger partial charge in [0.1, 0.15) is 6.61 Å². The van der Waals surface area contributed by atoms with Crippen LogP contribution in [0.5, 0.6) is 0 Å². The third-order valence-electron chi connectivity index (χ3n) is 4.55. The summed E-state index contributed by atoms with van der Waals surface area (Å²) < 4.78 is 10.9. The Morgan fingerprint density at radius 3 is 2.58 bits per heavy atom. The summed E-state index contributed by atoms with van der Waals surface area (Å²) in [7, 11) is 0. The maximum absolute atomic E-state index is 12.6. The van der Waals surface area contributed by atoms with Crippen LogP contribution in [0.3, 0.4) is 0 Å². The molecule has 2 aliphatic rings. The standard InChI is InChI=1S/C19H23NO4/c21-18(20-14-7-2-1-3-8-14)16-10-4-5-11-17(16)19(22)24-13-15-9-6-12-23-15/h1-5,7-8,15-17H,6,9-13H2,(H,20,21)/t15-,16+,17-/m0/s1. The van der Waals surface area contributed by atoms with E-state index in [9.17, 15) is 9.59 Å². The highest BCUT2D eigenvalue weighted by Gasteiger charge is 2.35. The van der Waals surface area contributed by atoms with Gasteiger partial charge in [0.25, 0.3) is 0 Å². The van der Waals surface area contributed by atoms with Gasteiger partial charge in [0.15, 0.2) is 0 Å². The Kier molecular flexibility index (Phi) is 5.64. The molecule has 1 N–H and O–H groups in total. The number of ether oxygens (including phenoxy) is 2. The lowest BCUT2D eigenvalue weighted by Crippen LogP contribution is -2.36. The molecule has 0 radical (unpaired) electrons. The van der Waals surface area contributed by atoms with Crippen LogP contribution in [-0.2, 0) is 19.1 Å². The Hall–Kier alpha value is -2.14. The number of amides is 1. The zero-order valence-electron chi connectivity index (χ0n) is 13.6. The first-order chi connectivity index (χ1) is 11.7. The summed E-state index contributed by atoms with van der Waals surface area (Å²) in [5.41, 5.74) is 0.739. The number of para-hydroxylation sites is 1. The van der Waals surface area contributed by atoms with Gasteiger partial charge < -0.3 is 14.8 Å². The van der Waals surface area contributed by atoms with Crippen LogP contribution in [0.1, 0.15) is 25.7 Å². The lowest BCUT2D eigenvalue weighted by molar-refractivity contribution is -0.155. The zero-order chi connectivity index (χ0) is 16.8. The molecule has 5 heteroatoms. The van der Waals surface area contributed by atoms with Crippen molar-refractivity contribution in [3.63, 3.8) is 0 Å². The molecule has 3 rings (SSSR count). The molecule has 1 amide bonds. The molecular weight excluding hydrogens is 306 g/mol. The molecule has 0 bridgehead atoms. The van der Waals surface area contributed by atoms with Gasteiger partial charge in [-0.05, 0) is 37.8 Å². The van der Waals surface area contributed by atoms with Crippen molar-refractivity contribution in [3.8, 4) is 0 Å². The minimum Gasteiger partial charge on any atom is -0.463 e. The number of allylic oxidation sites excluding steroid dienone is 2. The van der Waals surface area contributed by atoms with E-state index in [1.165, 1.54) is 0 Å². The van der Waals surface area contributed by atoms with Crippen LogP contribution < -0.4 is 5.32 Å². The monoisotopic (exact) mass is 329 g/mol. The van der Waals surface area contributed by atoms with E-state index >= 15 is 0 Å². The molecule has 1 aliphatic carbocycles. The van der Waals surface area contributed by atoms with Crippen molar-refractivity contribution < 1.29 is 19.1 Å². The zero-order valence-corrected chi connectivity index (χ0v) is 13.6. The second-order valence-corrected chi connectivity index (χ2v) is 6.28. The Balaban J connectivity index is 1.58. The Morgan fingerprint density at radius 2 is 1.88 bits per heavy atom. The van der Waals surface area contributed by atoms with E-state index in [0.29, 0.717) is 12.8 Å². The Bertz CT molecular complexity index is 593. The molecule has 1 fully saturated rings. The van der Waals surface area contributed by atoms with E-state index < -0.39 is 11.8 Å². The first kappa shape index (κ1) is 16.7. The van der Waals surface area contributed by atoms with Crippen LogP contribution in [-0.4, -0.2) is 31.2 Å². The van der Waals surface area contributed by atoms with Crippen LogP contribution >= 0.6 is 0 Å². The third kappa shape index (κ3) is 4.23. The van der Waals surface area contributed by atoms with Gasteiger partial charge in [-0.25, -0.2) is 0 Å². The summed E-state index contributed by atoms with van der Waals surface area (Å²) in [6, 6.07) is 9.29. The number of anilines is 1. The predicted octanol–water partition coefficient (Wildman–Crippen LogP) is 2.93. The van der Waals surface area contributed by atoms with Crippen LogP contribution in [0.25, 0.3) is 0 Å². The van der Waals surface area contributed by atoms with Gasteiger partial charge in [-0.2, -0.15) is 0 Å². The SMILES string of the molecule is O=C(OC[C@@H]1CCCO1)[C@H]1CC=CC[C@H]1C(=O)Nc1ccccc1.